The number of carboxylic acids is 1. The fourth-order valence-corrected chi connectivity index (χ4v) is 15.8. The number of Topliss-reactive ketones (excluding diaryl/α,β-unsaturated/α-hetero) is 2. The smallest absolute Gasteiger partial charge is 0.303 e. The quantitative estimate of drug-likeness (QED) is 0.0300. The minimum Gasteiger partial charge on any atom is -0.494 e. The molecule has 0 aliphatic carbocycles. The van der Waals surface area contributed by atoms with Crippen LogP contribution in [0.2, 0.25) is 0 Å². The second-order valence-corrected chi connectivity index (χ2v) is 22.6. The second kappa shape index (κ2) is 21.9. The Kier molecular flexibility index (Phi) is 15.1. The number of ether oxygens (including phenoxy) is 2. The molecule has 6 heterocycles. The number of thiophene rings is 6. The Morgan fingerprint density at radius 2 is 1.06 bits per heavy atom. The average Bonchev–Trinajstić information content (AvgIpc) is 4.23. The summed E-state index contributed by atoms with van der Waals surface area (Å²) in [6.45, 7) is 3.11. The molecule has 0 bridgehead atoms. The number of carbonyl (C=O) groups excluding carboxylic acids is 3. The molecule has 350 valence electrons. The molecule has 0 fully saturated rings. The van der Waals surface area contributed by atoms with E-state index >= 15 is 0 Å². The molecule has 0 saturated heterocycles. The van der Waals surface area contributed by atoms with Gasteiger partial charge in [-0.05, 0) is 102 Å². The zero-order valence-corrected chi connectivity index (χ0v) is 42.4. The van der Waals surface area contributed by atoms with Crippen molar-refractivity contribution >= 4 is 159 Å². The second-order valence-electron chi connectivity index (χ2n) is 16.1. The van der Waals surface area contributed by atoms with Crippen molar-refractivity contribution in [2.45, 2.75) is 51.9 Å². The Bertz CT molecular complexity index is 3550. The summed E-state index contributed by atoms with van der Waals surface area (Å²) >= 11 is 9.87. The summed E-state index contributed by atoms with van der Waals surface area (Å²) in [7, 11) is 0. The van der Waals surface area contributed by atoms with Crippen molar-refractivity contribution in [1.29, 1.82) is 10.5 Å². The van der Waals surface area contributed by atoms with Gasteiger partial charge in [0, 0.05) is 68.2 Å². The van der Waals surface area contributed by atoms with Crippen LogP contribution < -0.4 is 9.64 Å². The first-order valence-electron chi connectivity index (χ1n) is 22.4. The van der Waals surface area contributed by atoms with E-state index < -0.39 is 11.8 Å². The Labute approximate surface area is 426 Å². The van der Waals surface area contributed by atoms with E-state index in [1.54, 1.807) is 68.8 Å². The molecule has 1 N–H and O–H groups in total. The number of carbonyl (C=O) groups is 4. The van der Waals surface area contributed by atoms with Gasteiger partial charge in [0.2, 0.25) is 0 Å². The van der Waals surface area contributed by atoms with Crippen molar-refractivity contribution in [1.82, 2.24) is 0 Å². The number of rotatable bonds is 22. The van der Waals surface area contributed by atoms with Crippen molar-refractivity contribution in [3.05, 3.63) is 118 Å². The lowest BCUT2D eigenvalue weighted by atomic mass is 10.1. The summed E-state index contributed by atoms with van der Waals surface area (Å²) in [6, 6.07) is 37.8. The highest BCUT2D eigenvalue weighted by Gasteiger charge is 2.20. The predicted octanol–water partition coefficient (Wildman–Crippen LogP) is 15.8. The number of nitrogens with zero attached hydrogens (tertiary/aromatic N) is 3. The van der Waals surface area contributed by atoms with Gasteiger partial charge in [-0.2, -0.15) is 10.5 Å². The maximum Gasteiger partial charge on any atom is 0.303 e. The lowest BCUT2D eigenvalue weighted by Gasteiger charge is -2.26. The molecule has 0 atom stereocenters. The van der Waals surface area contributed by atoms with Crippen LogP contribution in [0.1, 0.15) is 61.6 Å². The third-order valence-corrected chi connectivity index (χ3v) is 18.9. The number of ketones is 2. The van der Waals surface area contributed by atoms with Gasteiger partial charge < -0.3 is 19.5 Å². The molecule has 0 radical (unpaired) electrons. The maximum atomic E-state index is 12.6. The summed E-state index contributed by atoms with van der Waals surface area (Å²) in [6.07, 6.45) is 7.16. The van der Waals surface area contributed by atoms with Crippen molar-refractivity contribution in [3.8, 4) is 38.8 Å². The molecule has 70 heavy (non-hydrogen) atoms. The SMILES string of the molecule is CCCCCCOc1ccc(N(c2ccc(-c3cc4sc5cc(/C=C(\C#N)C(=O)CCOC=O)sc5c4s3)cc2)c2ccc(-c3cc4sc5cc(/C=C(\C#N)C(=O)CCC(=O)O)sc5c4s3)cc2)cc1. The number of anilines is 3. The van der Waals surface area contributed by atoms with Gasteiger partial charge in [-0.15, -0.1) is 68.0 Å². The summed E-state index contributed by atoms with van der Waals surface area (Å²) in [5.41, 5.74) is 5.14. The zero-order chi connectivity index (χ0) is 48.7. The summed E-state index contributed by atoms with van der Waals surface area (Å²) < 4.78 is 19.8. The molecule has 3 aromatic carbocycles. The van der Waals surface area contributed by atoms with E-state index in [1.807, 2.05) is 36.4 Å². The summed E-state index contributed by atoms with van der Waals surface area (Å²) in [5, 5.41) is 28.3. The minimum absolute atomic E-state index is 0.0362. The average molecular weight is 1040 g/mol. The molecule has 0 amide bonds. The summed E-state index contributed by atoms with van der Waals surface area (Å²) in [4.78, 5) is 52.7. The van der Waals surface area contributed by atoms with E-state index in [2.05, 4.69) is 89.4 Å². The van der Waals surface area contributed by atoms with Crippen LogP contribution in [0.15, 0.2) is 108 Å². The van der Waals surface area contributed by atoms with Crippen LogP contribution in [0.5, 0.6) is 5.75 Å². The fraction of sp³-hybridized carbons (Fsp3) is 0.185. The molecule has 0 spiro atoms. The van der Waals surface area contributed by atoms with Crippen LogP contribution in [0.3, 0.4) is 0 Å². The third kappa shape index (κ3) is 10.7. The van der Waals surface area contributed by atoms with Crippen LogP contribution in [0.25, 0.3) is 70.6 Å². The fourth-order valence-electron chi connectivity index (χ4n) is 7.86. The number of hydrogen-bond acceptors (Lipinski definition) is 15. The predicted molar refractivity (Wildman–Crippen MR) is 290 cm³/mol. The highest BCUT2D eigenvalue weighted by molar-refractivity contribution is 7.40. The molecular weight excluding hydrogens is 995 g/mol. The number of aliphatic carboxylic acids is 1. The Morgan fingerprint density at radius 3 is 1.53 bits per heavy atom. The van der Waals surface area contributed by atoms with Crippen molar-refractivity contribution in [3.63, 3.8) is 0 Å². The van der Waals surface area contributed by atoms with E-state index in [0.29, 0.717) is 13.1 Å². The largest absolute Gasteiger partial charge is 0.494 e. The highest BCUT2D eigenvalue weighted by Crippen LogP contribution is 2.49. The molecule has 9 aromatic rings. The van der Waals surface area contributed by atoms with E-state index in [0.717, 1.165) is 89.8 Å². The van der Waals surface area contributed by atoms with Crippen LogP contribution in [0.4, 0.5) is 17.1 Å². The molecule has 0 saturated carbocycles. The van der Waals surface area contributed by atoms with Gasteiger partial charge in [0.15, 0.2) is 11.6 Å². The normalized spacial score (nSPS) is 11.9. The van der Waals surface area contributed by atoms with Gasteiger partial charge in [0.25, 0.3) is 6.47 Å². The first-order chi connectivity index (χ1) is 34.1. The van der Waals surface area contributed by atoms with E-state index in [4.69, 9.17) is 9.84 Å². The van der Waals surface area contributed by atoms with Crippen LogP contribution in [-0.4, -0.2) is 42.3 Å². The van der Waals surface area contributed by atoms with Gasteiger partial charge in [0.05, 0.1) is 49.6 Å². The summed E-state index contributed by atoms with van der Waals surface area (Å²) in [5.74, 6) is -1.08. The Morgan fingerprint density at radius 1 is 0.586 bits per heavy atom. The van der Waals surface area contributed by atoms with Gasteiger partial charge >= 0.3 is 5.97 Å². The lowest BCUT2D eigenvalue weighted by Crippen LogP contribution is -2.10. The standard InChI is InChI=1S/C54H41N3O7S6/c1-2-3-4-5-21-64-39-16-14-38(15-17-39)57(36-10-6-32(7-11-36)44-27-48-53(69-44)51-46(67-48)25-40(65-51)23-34(29-55)42(59)18-19-50(61)62)37-12-8-33(9-13-37)45-28-49-54(70-45)52-47(68-49)26-41(66-52)24-35(30-56)43(60)20-22-63-31-58/h6-17,23-28,31H,2-5,18-22H2,1H3,(H,61,62)/b34-23+,35-24+. The third-order valence-electron chi connectivity index (χ3n) is 11.4. The molecule has 10 nitrogen and oxygen atoms in total. The lowest BCUT2D eigenvalue weighted by molar-refractivity contribution is -0.138. The van der Waals surface area contributed by atoms with Crippen molar-refractivity contribution in [2.75, 3.05) is 18.1 Å². The van der Waals surface area contributed by atoms with Crippen LogP contribution >= 0.6 is 68.0 Å². The van der Waals surface area contributed by atoms with Crippen molar-refractivity contribution < 1.29 is 33.8 Å². The highest BCUT2D eigenvalue weighted by atomic mass is 32.1. The van der Waals surface area contributed by atoms with E-state index in [9.17, 15) is 29.7 Å². The number of fused-ring (bicyclic) bond motifs is 6. The molecule has 0 aliphatic heterocycles. The first kappa shape index (κ1) is 48.3. The van der Waals surface area contributed by atoms with Crippen LogP contribution in [-0.2, 0) is 23.9 Å². The van der Waals surface area contributed by atoms with Gasteiger partial charge in [-0.25, -0.2) is 0 Å². The monoisotopic (exact) mass is 1040 g/mol. The number of benzene rings is 3. The Balaban J connectivity index is 0.975. The van der Waals surface area contributed by atoms with E-state index in [-0.39, 0.29) is 42.8 Å². The topological polar surface area (TPSA) is 158 Å². The van der Waals surface area contributed by atoms with Gasteiger partial charge in [-0.1, -0.05) is 50.5 Å². The van der Waals surface area contributed by atoms with E-state index in [1.165, 1.54) is 38.3 Å². The molecule has 6 aromatic heterocycles. The minimum atomic E-state index is -1.07. The number of unbranched alkanes of at least 4 members (excludes halogenated alkanes) is 3. The number of nitriles is 2. The molecule has 9 rings (SSSR count). The zero-order valence-electron chi connectivity index (χ0n) is 37.5. The molecule has 16 heteroatoms. The molecular formula is C54H41N3O7S6. The number of allylic oxidation sites excluding steroid dienone is 2. The van der Waals surface area contributed by atoms with Gasteiger partial charge in [0.1, 0.15) is 17.9 Å². The van der Waals surface area contributed by atoms with Crippen molar-refractivity contribution in [2.24, 2.45) is 0 Å². The van der Waals surface area contributed by atoms with Crippen LogP contribution in [0, 0.1) is 22.7 Å². The van der Waals surface area contributed by atoms with Gasteiger partial charge in [-0.3, -0.25) is 19.2 Å². The molecule has 0 unspecified atom stereocenters. The number of carboxylic acid groups (broad SMARTS) is 1. The Hall–Kier alpha value is -6.76. The number of hydrogen-bond donors (Lipinski definition) is 1. The molecule has 0 aliphatic rings. The maximum absolute atomic E-state index is 12.6. The first-order valence-corrected chi connectivity index (χ1v) is 27.3.